The Morgan fingerprint density at radius 2 is 1.94 bits per heavy atom. The molecule has 0 aliphatic carbocycles. The van der Waals surface area contributed by atoms with Gasteiger partial charge >= 0.3 is 5.97 Å². The van der Waals surface area contributed by atoms with Gasteiger partial charge in [0.25, 0.3) is 0 Å². The van der Waals surface area contributed by atoms with E-state index in [-0.39, 0.29) is 5.91 Å². The van der Waals surface area contributed by atoms with Gasteiger partial charge in [-0.2, -0.15) is 0 Å². The summed E-state index contributed by atoms with van der Waals surface area (Å²) in [5, 5.41) is 6.25. The van der Waals surface area contributed by atoms with Gasteiger partial charge in [0.1, 0.15) is 6.04 Å². The quantitative estimate of drug-likeness (QED) is 0.720. The van der Waals surface area contributed by atoms with Crippen molar-refractivity contribution in [3.63, 3.8) is 0 Å². The second-order valence-electron chi connectivity index (χ2n) is 5.49. The van der Waals surface area contributed by atoms with Crippen molar-refractivity contribution < 1.29 is 14.3 Å². The van der Waals surface area contributed by atoms with E-state index >= 15 is 0 Å². The zero-order chi connectivity index (χ0) is 13.1. The molecule has 1 amide bonds. The molecular weight excluding hydrogens is 232 g/mol. The largest absolute Gasteiger partial charge is 0.467 e. The molecule has 0 spiro atoms. The monoisotopic (exact) mass is 254 g/mol. The molecule has 0 aromatic carbocycles. The van der Waals surface area contributed by atoms with E-state index in [4.69, 9.17) is 0 Å². The number of hydrogen-bond acceptors (Lipinski definition) is 4. The summed E-state index contributed by atoms with van der Waals surface area (Å²) < 4.78 is 4.58. The van der Waals surface area contributed by atoms with Crippen LogP contribution in [0.25, 0.3) is 0 Å². The van der Waals surface area contributed by atoms with Crippen LogP contribution in [0.1, 0.15) is 39.0 Å². The number of carbonyl (C=O) groups excluding carboxylic acids is 2. The number of nitrogens with one attached hydrogen (secondary N) is 2. The molecule has 102 valence electrons. The Labute approximate surface area is 108 Å². The number of hydrogen-bond donors (Lipinski definition) is 2. The number of rotatable bonds is 4. The maximum absolute atomic E-state index is 11.8. The van der Waals surface area contributed by atoms with E-state index in [1.54, 1.807) is 6.92 Å². The Bertz CT molecular complexity index is 320. The van der Waals surface area contributed by atoms with Gasteiger partial charge in [-0.3, -0.25) is 4.79 Å². The first-order valence-corrected chi connectivity index (χ1v) is 6.71. The number of carbonyl (C=O) groups is 2. The number of fused-ring (bicyclic) bond motifs is 2. The van der Waals surface area contributed by atoms with Gasteiger partial charge in [0.15, 0.2) is 0 Å². The molecule has 5 heteroatoms. The molecule has 2 heterocycles. The van der Waals surface area contributed by atoms with Gasteiger partial charge in [-0.1, -0.05) is 0 Å². The van der Waals surface area contributed by atoms with Crippen molar-refractivity contribution in [1.29, 1.82) is 0 Å². The van der Waals surface area contributed by atoms with Crippen molar-refractivity contribution in [3.8, 4) is 0 Å². The van der Waals surface area contributed by atoms with Crippen molar-refractivity contribution in [1.82, 2.24) is 10.6 Å². The van der Waals surface area contributed by atoms with Crippen LogP contribution in [0.3, 0.4) is 0 Å². The second-order valence-corrected chi connectivity index (χ2v) is 5.49. The average Bonchev–Trinajstić information content (AvgIpc) is 2.67. The summed E-state index contributed by atoms with van der Waals surface area (Å²) in [5.41, 5.74) is 0. The third kappa shape index (κ3) is 3.22. The summed E-state index contributed by atoms with van der Waals surface area (Å²) >= 11 is 0. The van der Waals surface area contributed by atoms with E-state index in [1.807, 2.05) is 0 Å². The highest BCUT2D eigenvalue weighted by molar-refractivity contribution is 5.84. The normalized spacial score (nSPS) is 31.8. The Kier molecular flexibility index (Phi) is 4.22. The highest BCUT2D eigenvalue weighted by atomic mass is 16.5. The van der Waals surface area contributed by atoms with E-state index in [1.165, 1.54) is 20.0 Å². The fraction of sp³-hybridized carbons (Fsp3) is 0.846. The van der Waals surface area contributed by atoms with Crippen LogP contribution < -0.4 is 10.6 Å². The van der Waals surface area contributed by atoms with Gasteiger partial charge in [-0.15, -0.1) is 0 Å². The van der Waals surface area contributed by atoms with E-state index < -0.39 is 12.0 Å². The minimum absolute atomic E-state index is 0.0424. The lowest BCUT2D eigenvalue weighted by atomic mass is 9.89. The fourth-order valence-corrected chi connectivity index (χ4v) is 3.14. The van der Waals surface area contributed by atoms with Gasteiger partial charge in [-0.05, 0) is 38.5 Å². The Balaban J connectivity index is 1.76. The molecule has 0 saturated carbocycles. The zero-order valence-corrected chi connectivity index (χ0v) is 11.1. The predicted molar refractivity (Wildman–Crippen MR) is 66.9 cm³/mol. The Morgan fingerprint density at radius 3 is 2.50 bits per heavy atom. The van der Waals surface area contributed by atoms with Crippen LogP contribution in [0.2, 0.25) is 0 Å². The number of amides is 1. The van der Waals surface area contributed by atoms with Crippen LogP contribution in [0.5, 0.6) is 0 Å². The lowest BCUT2D eigenvalue weighted by Gasteiger charge is -2.28. The van der Waals surface area contributed by atoms with Gasteiger partial charge in [0.2, 0.25) is 5.91 Å². The molecule has 0 aromatic heterocycles. The highest BCUT2D eigenvalue weighted by Crippen LogP contribution is 2.32. The van der Waals surface area contributed by atoms with Crippen molar-refractivity contribution in [3.05, 3.63) is 0 Å². The standard InChI is InChI=1S/C13H22N2O3/c1-8(13(17)18-2)14-12(16)7-9-5-10-3-4-11(6-9)15-10/h8-11,15H,3-7H2,1-2H3,(H,14,16)/t8-,9?,10?,11?/m0/s1. The minimum Gasteiger partial charge on any atom is -0.467 e. The molecule has 3 atom stereocenters. The van der Waals surface area contributed by atoms with Crippen molar-refractivity contribution in [2.24, 2.45) is 5.92 Å². The number of methoxy groups -OCH3 is 1. The molecule has 2 bridgehead atoms. The third-order valence-corrected chi connectivity index (χ3v) is 3.98. The lowest BCUT2D eigenvalue weighted by molar-refractivity contribution is -0.144. The first-order valence-electron chi connectivity index (χ1n) is 6.71. The first-order chi connectivity index (χ1) is 8.58. The Hall–Kier alpha value is -1.10. The Morgan fingerprint density at radius 1 is 1.33 bits per heavy atom. The molecule has 2 aliphatic rings. The van der Waals surface area contributed by atoms with Crippen molar-refractivity contribution in [2.45, 2.75) is 57.2 Å². The summed E-state index contributed by atoms with van der Waals surface area (Å²) in [5.74, 6) is 0.0153. The zero-order valence-electron chi connectivity index (χ0n) is 11.1. The molecule has 0 radical (unpaired) electrons. The molecule has 2 fully saturated rings. The smallest absolute Gasteiger partial charge is 0.328 e. The molecule has 2 aliphatic heterocycles. The van der Waals surface area contributed by atoms with Crippen LogP contribution in [-0.4, -0.2) is 37.1 Å². The molecular formula is C13H22N2O3. The van der Waals surface area contributed by atoms with E-state index in [0.717, 1.165) is 12.8 Å². The van der Waals surface area contributed by atoms with Gasteiger partial charge in [-0.25, -0.2) is 4.79 Å². The average molecular weight is 254 g/mol. The van der Waals surface area contributed by atoms with Crippen LogP contribution in [0.4, 0.5) is 0 Å². The van der Waals surface area contributed by atoms with Crippen molar-refractivity contribution >= 4 is 11.9 Å². The topological polar surface area (TPSA) is 67.4 Å². The maximum Gasteiger partial charge on any atom is 0.328 e. The molecule has 2 saturated heterocycles. The molecule has 2 N–H and O–H groups in total. The second kappa shape index (κ2) is 5.69. The lowest BCUT2D eigenvalue weighted by Crippen LogP contribution is -2.42. The van der Waals surface area contributed by atoms with Crippen LogP contribution in [0, 0.1) is 5.92 Å². The molecule has 18 heavy (non-hydrogen) atoms. The SMILES string of the molecule is COC(=O)[C@H](C)NC(=O)CC1CC2CCC(C1)N2. The summed E-state index contributed by atoms with van der Waals surface area (Å²) in [6.07, 6.45) is 5.16. The number of piperidine rings is 1. The molecule has 0 aromatic rings. The van der Waals surface area contributed by atoms with Crippen molar-refractivity contribution in [2.75, 3.05) is 7.11 Å². The van der Waals surface area contributed by atoms with Crippen LogP contribution >= 0.6 is 0 Å². The molecule has 2 rings (SSSR count). The van der Waals surface area contributed by atoms with E-state index in [0.29, 0.717) is 24.4 Å². The van der Waals surface area contributed by atoms with Crippen LogP contribution in [0.15, 0.2) is 0 Å². The van der Waals surface area contributed by atoms with Gasteiger partial charge in [0, 0.05) is 18.5 Å². The number of ether oxygens (including phenoxy) is 1. The summed E-state index contributed by atoms with van der Waals surface area (Å²) in [6, 6.07) is 0.639. The van der Waals surface area contributed by atoms with E-state index in [9.17, 15) is 9.59 Å². The first kappa shape index (κ1) is 13.3. The van der Waals surface area contributed by atoms with E-state index in [2.05, 4.69) is 15.4 Å². The highest BCUT2D eigenvalue weighted by Gasteiger charge is 2.34. The van der Waals surface area contributed by atoms with Gasteiger partial charge < -0.3 is 15.4 Å². The van der Waals surface area contributed by atoms with Gasteiger partial charge in [0.05, 0.1) is 7.11 Å². The molecule has 5 nitrogen and oxygen atoms in total. The number of esters is 1. The minimum atomic E-state index is -0.555. The predicted octanol–water partition coefficient (Wildman–Crippen LogP) is 0.585. The maximum atomic E-state index is 11.8. The molecule has 2 unspecified atom stereocenters. The summed E-state index contributed by atoms with van der Waals surface area (Å²) in [7, 11) is 1.33. The summed E-state index contributed by atoms with van der Waals surface area (Å²) in [4.78, 5) is 23.0. The van der Waals surface area contributed by atoms with Crippen LogP contribution in [-0.2, 0) is 14.3 Å². The fourth-order valence-electron chi connectivity index (χ4n) is 3.14. The third-order valence-electron chi connectivity index (χ3n) is 3.98. The summed E-state index contributed by atoms with van der Waals surface area (Å²) in [6.45, 7) is 1.65.